The van der Waals surface area contributed by atoms with E-state index in [1.54, 1.807) is 0 Å². The molecule has 0 spiro atoms. The molecule has 1 aromatic carbocycles. The third-order valence-corrected chi connectivity index (χ3v) is 6.43. The molecule has 108 valence electrons. The summed E-state index contributed by atoms with van der Waals surface area (Å²) in [5.74, 6) is 0. The van der Waals surface area contributed by atoms with Gasteiger partial charge < -0.3 is 0 Å². The highest BCUT2D eigenvalue weighted by atomic mass is 32.3. The minimum absolute atomic E-state index is 0.108. The Bertz CT molecular complexity index is 760. The molecule has 0 fully saturated rings. The van der Waals surface area contributed by atoms with E-state index in [2.05, 4.69) is 0 Å². The van der Waals surface area contributed by atoms with Crippen molar-refractivity contribution in [3.63, 3.8) is 0 Å². The molecule has 0 bridgehead atoms. The average molecular weight is 327 g/mol. The number of anilines is 1. The SMILES string of the molecule is CS(=O)(=O)c1ccccc1N(S(C)(=O)=O)S(C)(=O)=O. The molecular weight excluding hydrogens is 314 g/mol. The fraction of sp³-hybridized carbons (Fsp3) is 0.333. The Balaban J connectivity index is 3.79. The summed E-state index contributed by atoms with van der Waals surface area (Å²) in [4.78, 5) is -0.370. The molecule has 0 heterocycles. The van der Waals surface area contributed by atoms with Gasteiger partial charge in [0.05, 0.1) is 23.1 Å². The number of sulfone groups is 1. The highest BCUT2D eigenvalue weighted by Crippen LogP contribution is 2.28. The number of sulfonamides is 2. The second-order valence-corrected chi connectivity index (χ2v) is 9.84. The van der Waals surface area contributed by atoms with Crippen molar-refractivity contribution < 1.29 is 25.3 Å². The summed E-state index contributed by atoms with van der Waals surface area (Å²) in [6.07, 6.45) is 2.24. The van der Waals surface area contributed by atoms with E-state index in [0.29, 0.717) is 12.5 Å². The first-order valence-corrected chi connectivity index (χ1v) is 10.4. The molecule has 1 rings (SSSR count). The van der Waals surface area contributed by atoms with Crippen LogP contribution in [0.1, 0.15) is 0 Å². The third kappa shape index (κ3) is 3.67. The van der Waals surface area contributed by atoms with Gasteiger partial charge in [-0.15, -0.1) is 0 Å². The Kier molecular flexibility index (Phi) is 3.99. The van der Waals surface area contributed by atoms with Crippen LogP contribution in [0, 0.1) is 0 Å². The summed E-state index contributed by atoms with van der Waals surface area (Å²) in [6, 6.07) is 5.00. The van der Waals surface area contributed by atoms with Crippen LogP contribution in [-0.4, -0.2) is 44.0 Å². The van der Waals surface area contributed by atoms with Crippen molar-refractivity contribution in [1.82, 2.24) is 0 Å². The highest BCUT2D eigenvalue weighted by molar-refractivity contribution is 8.09. The van der Waals surface area contributed by atoms with Crippen molar-refractivity contribution in [3.05, 3.63) is 24.3 Å². The van der Waals surface area contributed by atoms with Gasteiger partial charge in [0.25, 0.3) is 0 Å². The van der Waals surface area contributed by atoms with Crippen molar-refractivity contribution in [2.75, 3.05) is 22.5 Å². The van der Waals surface area contributed by atoms with E-state index in [9.17, 15) is 25.3 Å². The molecule has 0 aliphatic heterocycles. The molecule has 1 aromatic rings. The molecule has 10 heteroatoms. The summed E-state index contributed by atoms with van der Waals surface area (Å²) in [5.41, 5.74) is -0.407. The number of para-hydroxylation sites is 1. The Morgan fingerprint density at radius 2 is 1.21 bits per heavy atom. The van der Waals surface area contributed by atoms with E-state index in [-0.39, 0.29) is 8.61 Å². The molecule has 0 unspecified atom stereocenters. The van der Waals surface area contributed by atoms with Gasteiger partial charge in [0, 0.05) is 6.26 Å². The van der Waals surface area contributed by atoms with Crippen LogP contribution in [0.2, 0.25) is 0 Å². The standard InChI is InChI=1S/C9H13NO6S3/c1-17(11,12)9-7-5-4-6-8(9)10(18(2,13)14)19(3,15)16/h4-7H,1-3H3. The lowest BCUT2D eigenvalue weighted by Crippen LogP contribution is -2.36. The quantitative estimate of drug-likeness (QED) is 0.759. The van der Waals surface area contributed by atoms with Crippen LogP contribution in [0.25, 0.3) is 0 Å². The number of nitrogens with zero attached hydrogens (tertiary/aromatic N) is 1. The van der Waals surface area contributed by atoms with Gasteiger partial charge in [0.2, 0.25) is 20.0 Å². The summed E-state index contributed by atoms with van der Waals surface area (Å²) >= 11 is 0. The van der Waals surface area contributed by atoms with Gasteiger partial charge in [-0.1, -0.05) is 12.1 Å². The Hall–Kier alpha value is -1.13. The lowest BCUT2D eigenvalue weighted by Gasteiger charge is -2.21. The van der Waals surface area contributed by atoms with E-state index < -0.39 is 35.6 Å². The van der Waals surface area contributed by atoms with Crippen LogP contribution in [0.4, 0.5) is 5.69 Å². The third-order valence-electron chi connectivity index (χ3n) is 2.06. The van der Waals surface area contributed by atoms with Crippen molar-refractivity contribution in [2.24, 2.45) is 0 Å². The van der Waals surface area contributed by atoms with Crippen molar-refractivity contribution in [3.8, 4) is 0 Å². The van der Waals surface area contributed by atoms with Gasteiger partial charge in [0.15, 0.2) is 9.84 Å². The van der Waals surface area contributed by atoms with Crippen LogP contribution in [-0.2, 0) is 29.9 Å². The van der Waals surface area contributed by atoms with Gasteiger partial charge in [0.1, 0.15) is 0 Å². The van der Waals surface area contributed by atoms with Crippen LogP contribution >= 0.6 is 0 Å². The smallest absolute Gasteiger partial charge is 0.224 e. The molecule has 0 saturated carbocycles. The number of hydrogen-bond acceptors (Lipinski definition) is 6. The fourth-order valence-corrected chi connectivity index (χ4v) is 5.51. The number of rotatable bonds is 4. The van der Waals surface area contributed by atoms with Gasteiger partial charge in [-0.25, -0.2) is 25.3 Å². The van der Waals surface area contributed by atoms with Crippen molar-refractivity contribution in [1.29, 1.82) is 0 Å². The Morgan fingerprint density at radius 1 is 0.789 bits per heavy atom. The second kappa shape index (κ2) is 4.76. The molecule has 0 aliphatic rings. The topological polar surface area (TPSA) is 106 Å². The molecule has 0 amide bonds. The van der Waals surface area contributed by atoms with E-state index in [0.717, 1.165) is 18.4 Å². The summed E-state index contributed by atoms with van der Waals surface area (Å²) in [7, 11) is -12.1. The lowest BCUT2D eigenvalue weighted by atomic mass is 10.3. The van der Waals surface area contributed by atoms with Crippen LogP contribution in [0.15, 0.2) is 29.2 Å². The van der Waals surface area contributed by atoms with Gasteiger partial charge in [-0.2, -0.15) is 3.71 Å². The molecule has 19 heavy (non-hydrogen) atoms. The first-order chi connectivity index (χ1) is 8.35. The Morgan fingerprint density at radius 3 is 1.58 bits per heavy atom. The van der Waals surface area contributed by atoms with Gasteiger partial charge >= 0.3 is 0 Å². The monoisotopic (exact) mass is 327 g/mol. The van der Waals surface area contributed by atoms with Gasteiger partial charge in [-0.3, -0.25) is 0 Å². The van der Waals surface area contributed by atoms with E-state index in [1.807, 2.05) is 0 Å². The van der Waals surface area contributed by atoms with E-state index in [4.69, 9.17) is 0 Å². The molecule has 0 aromatic heterocycles. The van der Waals surface area contributed by atoms with Crippen molar-refractivity contribution in [2.45, 2.75) is 4.90 Å². The zero-order valence-corrected chi connectivity index (χ0v) is 12.9. The summed E-state index contributed by atoms with van der Waals surface area (Å²) in [5, 5.41) is 0. The summed E-state index contributed by atoms with van der Waals surface area (Å²) < 4.78 is 69.7. The molecule has 0 N–H and O–H groups in total. The minimum Gasteiger partial charge on any atom is -0.224 e. The van der Waals surface area contributed by atoms with Crippen molar-refractivity contribution >= 4 is 35.6 Å². The normalized spacial score (nSPS) is 13.2. The molecule has 7 nitrogen and oxygen atoms in total. The van der Waals surface area contributed by atoms with E-state index in [1.165, 1.54) is 12.1 Å². The average Bonchev–Trinajstić information content (AvgIpc) is 2.11. The predicted molar refractivity (Wildman–Crippen MR) is 71.7 cm³/mol. The second-order valence-electron chi connectivity index (χ2n) is 3.96. The maximum absolute atomic E-state index is 11.6. The predicted octanol–water partition coefficient (Wildman–Crippen LogP) is -0.184. The first kappa shape index (κ1) is 15.9. The number of benzene rings is 1. The molecule has 0 radical (unpaired) electrons. The highest BCUT2D eigenvalue weighted by Gasteiger charge is 2.31. The largest absolute Gasteiger partial charge is 0.245 e. The molecular formula is C9H13NO6S3. The fourth-order valence-electron chi connectivity index (χ4n) is 1.52. The molecule has 0 aliphatic carbocycles. The van der Waals surface area contributed by atoms with Crippen LogP contribution in [0.3, 0.4) is 0 Å². The number of hydrogen-bond donors (Lipinski definition) is 0. The minimum atomic E-state index is -4.18. The first-order valence-electron chi connectivity index (χ1n) is 4.84. The Labute approximate surface area is 112 Å². The molecule has 0 saturated heterocycles. The van der Waals surface area contributed by atoms with Gasteiger partial charge in [-0.05, 0) is 12.1 Å². The van der Waals surface area contributed by atoms with E-state index >= 15 is 0 Å². The van der Waals surface area contributed by atoms with Crippen LogP contribution < -0.4 is 3.71 Å². The zero-order chi connectivity index (χ0) is 15.1. The molecule has 0 atom stereocenters. The van der Waals surface area contributed by atoms with Crippen LogP contribution in [0.5, 0.6) is 0 Å². The summed E-state index contributed by atoms with van der Waals surface area (Å²) in [6.45, 7) is 0. The lowest BCUT2D eigenvalue weighted by molar-refractivity contribution is 0.590. The maximum Gasteiger partial charge on any atom is 0.245 e. The maximum atomic E-state index is 11.6. The zero-order valence-electron chi connectivity index (χ0n) is 10.4.